The van der Waals surface area contributed by atoms with E-state index in [4.69, 9.17) is 4.98 Å². The van der Waals surface area contributed by atoms with Crippen LogP contribution in [0.2, 0.25) is 0 Å². The van der Waals surface area contributed by atoms with Crippen molar-refractivity contribution in [2.24, 2.45) is 23.2 Å². The summed E-state index contributed by atoms with van der Waals surface area (Å²) < 4.78 is 0. The number of thiazole rings is 1. The zero-order valence-electron chi connectivity index (χ0n) is 20.4. The second-order valence-corrected chi connectivity index (χ2v) is 12.7. The normalized spacial score (nSPS) is 31.3. The zero-order valence-corrected chi connectivity index (χ0v) is 22.1. The predicted molar refractivity (Wildman–Crippen MR) is 138 cm³/mol. The molecule has 0 aromatic carbocycles. The lowest BCUT2D eigenvalue weighted by atomic mass is 9.53. The first-order valence-corrected chi connectivity index (χ1v) is 14.4. The Morgan fingerprint density at radius 3 is 2.77 bits per heavy atom. The summed E-state index contributed by atoms with van der Waals surface area (Å²) in [5.41, 5.74) is 1.14. The maximum Gasteiger partial charge on any atom is 0.277 e. The molecule has 10 heteroatoms. The summed E-state index contributed by atoms with van der Waals surface area (Å²) in [6, 6.07) is 0. The molecule has 0 unspecified atom stereocenters. The number of thioether (sulfide) groups is 1. The number of aromatic nitrogens is 3. The molecule has 0 bridgehead atoms. The lowest BCUT2D eigenvalue weighted by molar-refractivity contribution is -0.144. The minimum absolute atomic E-state index is 0.0200. The van der Waals surface area contributed by atoms with Gasteiger partial charge in [-0.2, -0.15) is 11.8 Å². The first kappa shape index (κ1) is 24.6. The third kappa shape index (κ3) is 4.60. The van der Waals surface area contributed by atoms with Crippen molar-refractivity contribution in [2.75, 3.05) is 29.9 Å². The molecule has 2 aromatic rings. The van der Waals surface area contributed by atoms with Gasteiger partial charge in [-0.25, -0.2) is 9.97 Å². The molecule has 2 aromatic heterocycles. The van der Waals surface area contributed by atoms with Crippen molar-refractivity contribution in [3.63, 3.8) is 0 Å². The molecule has 188 valence electrons. The van der Waals surface area contributed by atoms with Gasteiger partial charge >= 0.3 is 0 Å². The van der Waals surface area contributed by atoms with Gasteiger partial charge in [0.25, 0.3) is 5.91 Å². The Balaban J connectivity index is 1.34. The molecule has 5 rings (SSSR count). The molecule has 2 amide bonds. The summed E-state index contributed by atoms with van der Waals surface area (Å²) in [6.07, 6.45) is 6.53. The highest BCUT2D eigenvalue weighted by Crippen LogP contribution is 2.57. The van der Waals surface area contributed by atoms with Crippen LogP contribution in [0.5, 0.6) is 0 Å². The van der Waals surface area contributed by atoms with Gasteiger partial charge in [0.05, 0.1) is 18.0 Å². The van der Waals surface area contributed by atoms with Crippen LogP contribution in [0.25, 0.3) is 0 Å². The molecule has 2 N–H and O–H groups in total. The number of carbonyl (C=O) groups is 2. The van der Waals surface area contributed by atoms with Crippen molar-refractivity contribution in [1.82, 2.24) is 19.9 Å². The van der Waals surface area contributed by atoms with Crippen LogP contribution in [0.4, 0.5) is 5.13 Å². The van der Waals surface area contributed by atoms with Crippen LogP contribution in [0.3, 0.4) is 0 Å². The Bertz CT molecular complexity index is 1090. The fourth-order valence-electron chi connectivity index (χ4n) is 6.43. The number of rotatable bonds is 4. The Kier molecular flexibility index (Phi) is 6.89. The van der Waals surface area contributed by atoms with E-state index in [9.17, 15) is 14.7 Å². The highest BCUT2D eigenvalue weighted by atomic mass is 32.2. The number of nitrogens with zero attached hydrogens (tertiary/aromatic N) is 4. The van der Waals surface area contributed by atoms with Gasteiger partial charge < -0.3 is 10.0 Å². The number of aliphatic hydroxyl groups excluding tert-OH is 1. The summed E-state index contributed by atoms with van der Waals surface area (Å²) >= 11 is 3.41. The highest BCUT2D eigenvalue weighted by Gasteiger charge is 2.54. The molecule has 0 spiro atoms. The predicted octanol–water partition coefficient (Wildman–Crippen LogP) is 3.45. The molecule has 0 radical (unpaired) electrons. The zero-order chi connectivity index (χ0) is 24.7. The smallest absolute Gasteiger partial charge is 0.277 e. The van der Waals surface area contributed by atoms with Crippen molar-refractivity contribution in [1.29, 1.82) is 0 Å². The molecule has 35 heavy (non-hydrogen) atoms. The number of carbonyl (C=O) groups excluding carboxylic acids is 2. The van der Waals surface area contributed by atoms with Crippen molar-refractivity contribution < 1.29 is 14.7 Å². The Morgan fingerprint density at radius 2 is 2.06 bits per heavy atom. The topological polar surface area (TPSA) is 108 Å². The van der Waals surface area contributed by atoms with Crippen molar-refractivity contribution in [3.05, 3.63) is 34.9 Å². The van der Waals surface area contributed by atoms with Gasteiger partial charge in [-0.15, -0.1) is 11.3 Å². The number of aliphatic hydroxyl groups is 1. The fraction of sp³-hybridized carbons (Fsp3) is 0.640. The second-order valence-electron chi connectivity index (χ2n) is 10.4. The standard InChI is InChI=1S/C25H33N5O3S2/c1-14(23(33)30-8-10-34-11-9-30)16-4-5-25(3)12-18-20(15(2)19(25)21(16)31)28-24(35-18)29-22(32)17-13-26-6-7-27-17/h6-7,13-16,19,21,31H,4-5,8-12H2,1-3H3,(H,28,29,32)/t14-,15-,16+,19+,21-,25+/m0/s1. The molecule has 3 aliphatic rings. The van der Waals surface area contributed by atoms with E-state index in [-0.39, 0.29) is 46.6 Å². The third-order valence-corrected chi connectivity index (χ3v) is 10.2. The number of hydrogen-bond acceptors (Lipinski definition) is 8. The second kappa shape index (κ2) is 9.78. The molecule has 1 aliphatic heterocycles. The van der Waals surface area contributed by atoms with Crippen LogP contribution in [0.15, 0.2) is 18.6 Å². The van der Waals surface area contributed by atoms with Crippen LogP contribution in [-0.4, -0.2) is 67.5 Å². The largest absolute Gasteiger partial charge is 0.392 e. The third-order valence-electron chi connectivity index (χ3n) is 8.29. The number of fused-ring (bicyclic) bond motifs is 2. The molecule has 1 saturated carbocycles. The van der Waals surface area contributed by atoms with Crippen LogP contribution in [-0.2, 0) is 11.2 Å². The summed E-state index contributed by atoms with van der Waals surface area (Å²) in [5.74, 6) is 1.66. The highest BCUT2D eigenvalue weighted by molar-refractivity contribution is 7.99. The lowest BCUT2D eigenvalue weighted by Gasteiger charge is -2.53. The molecule has 1 saturated heterocycles. The first-order valence-electron chi connectivity index (χ1n) is 12.4. The Hall–Kier alpha value is -2.04. The average molecular weight is 516 g/mol. The quantitative estimate of drug-likeness (QED) is 0.642. The maximum atomic E-state index is 13.2. The average Bonchev–Trinajstić information content (AvgIpc) is 3.26. The molecular weight excluding hydrogens is 482 g/mol. The SMILES string of the molecule is C[C@H](C(=O)N1CCSCC1)[C@H]1CC[C@]2(C)Cc3sc(NC(=O)c4cnccn4)nc3[C@@H](C)[C@@H]2[C@H]1O. The van der Waals surface area contributed by atoms with E-state index in [1.54, 1.807) is 0 Å². The van der Waals surface area contributed by atoms with Crippen LogP contribution < -0.4 is 5.32 Å². The van der Waals surface area contributed by atoms with E-state index in [0.29, 0.717) is 5.13 Å². The van der Waals surface area contributed by atoms with Gasteiger partial charge in [-0.05, 0) is 36.5 Å². The van der Waals surface area contributed by atoms with E-state index >= 15 is 0 Å². The van der Waals surface area contributed by atoms with Crippen molar-refractivity contribution in [2.45, 2.75) is 52.1 Å². The number of amides is 2. The molecule has 2 fully saturated rings. The summed E-state index contributed by atoms with van der Waals surface area (Å²) in [6.45, 7) is 8.01. The molecular formula is C25H33N5O3S2. The van der Waals surface area contributed by atoms with Crippen molar-refractivity contribution in [3.8, 4) is 0 Å². The van der Waals surface area contributed by atoms with Gasteiger partial charge in [-0.1, -0.05) is 20.8 Å². The summed E-state index contributed by atoms with van der Waals surface area (Å²) in [4.78, 5) is 41.8. The van der Waals surface area contributed by atoms with E-state index in [1.807, 2.05) is 23.6 Å². The minimum atomic E-state index is -0.561. The van der Waals surface area contributed by atoms with E-state index in [1.165, 1.54) is 34.8 Å². The van der Waals surface area contributed by atoms with Gasteiger partial charge in [0.15, 0.2) is 5.13 Å². The Morgan fingerprint density at radius 1 is 1.29 bits per heavy atom. The maximum absolute atomic E-state index is 13.2. The minimum Gasteiger partial charge on any atom is -0.392 e. The van der Waals surface area contributed by atoms with Crippen molar-refractivity contribution >= 4 is 40.0 Å². The van der Waals surface area contributed by atoms with E-state index in [2.05, 4.69) is 29.1 Å². The molecule has 8 nitrogen and oxygen atoms in total. The summed E-state index contributed by atoms with van der Waals surface area (Å²) in [7, 11) is 0. The number of anilines is 1. The van der Waals surface area contributed by atoms with E-state index in [0.717, 1.165) is 49.6 Å². The van der Waals surface area contributed by atoms with Crippen LogP contribution >= 0.6 is 23.1 Å². The number of nitrogens with one attached hydrogen (secondary N) is 1. The van der Waals surface area contributed by atoms with E-state index < -0.39 is 6.10 Å². The van der Waals surface area contributed by atoms with Gasteiger partial charge in [0.1, 0.15) is 5.69 Å². The Labute approximate surface area is 214 Å². The number of hydrogen-bond donors (Lipinski definition) is 2. The molecule has 3 heterocycles. The lowest BCUT2D eigenvalue weighted by Crippen LogP contribution is -2.54. The molecule has 2 aliphatic carbocycles. The fourth-order valence-corrected chi connectivity index (χ4v) is 8.59. The van der Waals surface area contributed by atoms with Gasteiger partial charge in [0, 0.05) is 53.7 Å². The summed E-state index contributed by atoms with van der Waals surface area (Å²) in [5, 5.41) is 15.1. The van der Waals surface area contributed by atoms with Gasteiger partial charge in [-0.3, -0.25) is 19.9 Å². The van der Waals surface area contributed by atoms with Crippen LogP contribution in [0, 0.1) is 23.2 Å². The van der Waals surface area contributed by atoms with Crippen LogP contribution in [0.1, 0.15) is 60.6 Å². The molecule has 6 atom stereocenters. The van der Waals surface area contributed by atoms with Gasteiger partial charge in [0.2, 0.25) is 5.91 Å². The first-order chi connectivity index (χ1) is 16.8. The monoisotopic (exact) mass is 515 g/mol.